The number of aromatic nitrogens is 1. The van der Waals surface area contributed by atoms with Gasteiger partial charge >= 0.3 is 6.18 Å². The zero-order chi connectivity index (χ0) is 30.0. The lowest BCUT2D eigenvalue weighted by Gasteiger charge is -2.40. The molecule has 0 amide bonds. The van der Waals surface area contributed by atoms with E-state index >= 15 is 13.2 Å². The Kier molecular flexibility index (Phi) is 7.95. The summed E-state index contributed by atoms with van der Waals surface area (Å²) in [5.74, 6) is -1.31. The zero-order valence-electron chi connectivity index (χ0n) is 22.2. The highest BCUT2D eigenvalue weighted by Gasteiger charge is 2.59. The molecule has 0 bridgehead atoms. The van der Waals surface area contributed by atoms with E-state index in [9.17, 15) is 9.50 Å². The van der Waals surface area contributed by atoms with Crippen molar-refractivity contribution >= 4 is 17.3 Å². The molecule has 4 nitrogen and oxygen atoms in total. The zero-order valence-corrected chi connectivity index (χ0v) is 23.0. The Morgan fingerprint density at radius 2 is 1.24 bits per heavy atom. The Bertz CT molecular complexity index is 1570. The average molecular weight is 593 g/mol. The van der Waals surface area contributed by atoms with Crippen LogP contribution in [-0.2, 0) is 11.1 Å². The minimum absolute atomic E-state index is 0.181. The Labute approximate surface area is 245 Å². The fourth-order valence-corrected chi connectivity index (χ4v) is 5.53. The number of hydrogen-bond acceptors (Lipinski definition) is 4. The molecule has 0 saturated carbocycles. The minimum Gasteiger partial charge on any atom is -0.480 e. The Morgan fingerprint density at radius 1 is 0.738 bits per heavy atom. The van der Waals surface area contributed by atoms with Crippen LogP contribution in [0.4, 0.5) is 23.2 Å². The Hall–Kier alpha value is -4.40. The molecule has 214 valence electrons. The number of pyridine rings is 1. The Balaban J connectivity index is 1.85. The summed E-state index contributed by atoms with van der Waals surface area (Å²) in [5.41, 5.74) is -4.70. The second-order valence-electron chi connectivity index (χ2n) is 9.55. The first kappa shape index (κ1) is 29.1. The van der Waals surface area contributed by atoms with Gasteiger partial charge in [0.15, 0.2) is 0 Å². The van der Waals surface area contributed by atoms with Crippen LogP contribution in [0, 0.1) is 5.82 Å². The van der Waals surface area contributed by atoms with Crippen molar-refractivity contribution in [2.75, 3.05) is 12.4 Å². The number of hydrogen-bond donors (Lipinski definition) is 2. The number of halogens is 5. The fraction of sp³-hybridized carbons (Fsp3) is 0.121. The van der Waals surface area contributed by atoms with Gasteiger partial charge in [-0.3, -0.25) is 0 Å². The van der Waals surface area contributed by atoms with Crippen LogP contribution in [0.3, 0.4) is 0 Å². The molecule has 0 aliphatic rings. The van der Waals surface area contributed by atoms with Crippen LogP contribution in [0.5, 0.6) is 5.88 Å². The van der Waals surface area contributed by atoms with Crippen molar-refractivity contribution in [2.24, 2.45) is 0 Å². The fourth-order valence-electron chi connectivity index (χ4n) is 5.20. The van der Waals surface area contributed by atoms with Crippen molar-refractivity contribution in [2.45, 2.75) is 17.3 Å². The molecule has 0 aliphatic heterocycles. The largest absolute Gasteiger partial charge is 0.480 e. The van der Waals surface area contributed by atoms with Gasteiger partial charge in [-0.15, -0.1) is 0 Å². The van der Waals surface area contributed by atoms with Gasteiger partial charge in [0.05, 0.1) is 7.11 Å². The van der Waals surface area contributed by atoms with Gasteiger partial charge in [0.2, 0.25) is 11.5 Å². The van der Waals surface area contributed by atoms with E-state index in [1.54, 1.807) is 0 Å². The smallest absolute Gasteiger partial charge is 0.425 e. The van der Waals surface area contributed by atoms with Gasteiger partial charge in [-0.25, -0.2) is 9.37 Å². The number of aliphatic hydroxyl groups is 1. The minimum atomic E-state index is -5.35. The molecule has 0 aliphatic carbocycles. The molecule has 9 heteroatoms. The summed E-state index contributed by atoms with van der Waals surface area (Å²) in [6, 6.07) is 31.3. The number of methoxy groups -OCH3 is 1. The summed E-state index contributed by atoms with van der Waals surface area (Å²) >= 11 is 6.30. The molecule has 0 spiro atoms. The van der Waals surface area contributed by atoms with Gasteiger partial charge < -0.3 is 15.2 Å². The van der Waals surface area contributed by atoms with Crippen LogP contribution in [0.15, 0.2) is 121 Å². The molecule has 1 atom stereocenters. The van der Waals surface area contributed by atoms with Crippen LogP contribution in [0.1, 0.15) is 27.8 Å². The maximum atomic E-state index is 15.1. The molecule has 1 aromatic heterocycles. The van der Waals surface area contributed by atoms with Crippen LogP contribution in [0.25, 0.3) is 0 Å². The summed E-state index contributed by atoms with van der Waals surface area (Å²) in [6.07, 6.45) is -4.31. The SMILES string of the molecule is COc1nccc(C(O)(c2cc(F)ccc2NC(c2ccccc2)(c2ccccc2)c2ccccc2)C(F)(F)F)c1Cl. The second kappa shape index (κ2) is 11.5. The van der Waals surface area contributed by atoms with E-state index in [-0.39, 0.29) is 11.6 Å². The summed E-state index contributed by atoms with van der Waals surface area (Å²) in [5, 5.41) is 14.5. The lowest BCUT2D eigenvalue weighted by atomic mass is 9.76. The summed E-state index contributed by atoms with van der Waals surface area (Å²) in [4.78, 5) is 3.84. The van der Waals surface area contributed by atoms with E-state index in [0.29, 0.717) is 22.8 Å². The van der Waals surface area contributed by atoms with Gasteiger partial charge in [-0.1, -0.05) is 103 Å². The summed E-state index contributed by atoms with van der Waals surface area (Å²) < 4.78 is 65.1. The molecule has 0 saturated heterocycles. The number of ether oxygens (including phenoxy) is 1. The van der Waals surface area contributed by atoms with E-state index in [4.69, 9.17) is 16.3 Å². The van der Waals surface area contributed by atoms with Crippen molar-refractivity contribution in [3.05, 3.63) is 160 Å². The number of anilines is 1. The number of benzene rings is 4. The first-order chi connectivity index (χ1) is 20.1. The van der Waals surface area contributed by atoms with Crippen LogP contribution >= 0.6 is 11.6 Å². The molecule has 42 heavy (non-hydrogen) atoms. The number of rotatable bonds is 8. The molecule has 5 aromatic rings. The maximum Gasteiger partial charge on any atom is 0.425 e. The number of alkyl halides is 3. The van der Waals surface area contributed by atoms with Crippen LogP contribution < -0.4 is 10.1 Å². The third-order valence-corrected chi connectivity index (χ3v) is 7.53. The van der Waals surface area contributed by atoms with E-state index in [0.717, 1.165) is 18.3 Å². The predicted octanol–water partition coefficient (Wildman–Crippen LogP) is 8.08. The monoisotopic (exact) mass is 592 g/mol. The van der Waals surface area contributed by atoms with Crippen LogP contribution in [0.2, 0.25) is 5.02 Å². The number of nitrogens with one attached hydrogen (secondary N) is 1. The Morgan fingerprint density at radius 3 is 1.69 bits per heavy atom. The van der Waals surface area contributed by atoms with E-state index < -0.39 is 39.3 Å². The highest BCUT2D eigenvalue weighted by atomic mass is 35.5. The van der Waals surface area contributed by atoms with E-state index in [1.807, 2.05) is 91.0 Å². The normalized spacial score (nSPS) is 13.3. The molecule has 2 N–H and O–H groups in total. The molecule has 0 fully saturated rings. The van der Waals surface area contributed by atoms with Gasteiger partial charge in [-0.05, 0) is 41.0 Å². The summed E-state index contributed by atoms with van der Waals surface area (Å²) in [6.45, 7) is 0. The van der Waals surface area contributed by atoms with Gasteiger partial charge in [-0.2, -0.15) is 13.2 Å². The van der Waals surface area contributed by atoms with E-state index in [2.05, 4.69) is 10.3 Å². The predicted molar refractivity (Wildman–Crippen MR) is 154 cm³/mol. The van der Waals surface area contributed by atoms with Gasteiger partial charge in [0, 0.05) is 23.0 Å². The molecule has 1 unspecified atom stereocenters. The topological polar surface area (TPSA) is 54.4 Å². The molecule has 4 aromatic carbocycles. The number of nitrogens with zero attached hydrogens (tertiary/aromatic N) is 1. The molecular formula is C33H25ClF4N2O2. The van der Waals surface area contributed by atoms with Crippen molar-refractivity contribution in [3.63, 3.8) is 0 Å². The second-order valence-corrected chi connectivity index (χ2v) is 9.93. The third kappa shape index (κ3) is 4.97. The van der Waals surface area contributed by atoms with Gasteiger partial charge in [0.1, 0.15) is 16.4 Å². The first-order valence-corrected chi connectivity index (χ1v) is 13.2. The van der Waals surface area contributed by atoms with Crippen molar-refractivity contribution in [1.29, 1.82) is 0 Å². The van der Waals surface area contributed by atoms with E-state index in [1.165, 1.54) is 13.2 Å². The summed E-state index contributed by atoms with van der Waals surface area (Å²) in [7, 11) is 1.19. The first-order valence-electron chi connectivity index (χ1n) is 12.9. The highest BCUT2D eigenvalue weighted by Crippen LogP contribution is 2.51. The third-order valence-electron chi connectivity index (χ3n) is 7.16. The highest BCUT2D eigenvalue weighted by molar-refractivity contribution is 6.32. The van der Waals surface area contributed by atoms with Crippen molar-refractivity contribution < 1.29 is 27.4 Å². The molecule has 5 rings (SSSR count). The van der Waals surface area contributed by atoms with Crippen molar-refractivity contribution in [1.82, 2.24) is 4.98 Å². The molecular weight excluding hydrogens is 568 g/mol. The molecule has 1 heterocycles. The quantitative estimate of drug-likeness (QED) is 0.141. The maximum absolute atomic E-state index is 15.1. The molecule has 0 radical (unpaired) electrons. The van der Waals surface area contributed by atoms with Crippen molar-refractivity contribution in [3.8, 4) is 5.88 Å². The standard InChI is InChI=1S/C33H25ClF4N2O2/c1-42-30-29(34)26(19-20-39-30)32(41,33(36,37)38)27-21-25(35)17-18-28(27)40-31(22-11-5-2-6-12-22,23-13-7-3-8-14-23)24-15-9-4-10-16-24/h2-21,40-41H,1H3. The lowest BCUT2D eigenvalue weighted by molar-refractivity contribution is -0.248. The van der Waals surface area contributed by atoms with Crippen LogP contribution in [-0.4, -0.2) is 23.4 Å². The average Bonchev–Trinajstić information content (AvgIpc) is 3.01. The lowest BCUT2D eigenvalue weighted by Crippen LogP contribution is -2.45. The van der Waals surface area contributed by atoms with Gasteiger partial charge in [0.25, 0.3) is 0 Å².